The number of ether oxygens (including phenoxy) is 2. The van der Waals surface area contributed by atoms with E-state index in [1.165, 1.54) is 5.57 Å². The minimum atomic E-state index is -0.812. The molecule has 0 spiro atoms. The number of carbonyl (C=O) groups excluding carboxylic acids is 1. The summed E-state index contributed by atoms with van der Waals surface area (Å²) < 4.78 is 13.4. The van der Waals surface area contributed by atoms with Crippen molar-refractivity contribution < 1.29 is 14.3 Å². The van der Waals surface area contributed by atoms with Crippen molar-refractivity contribution in [3.05, 3.63) is 50.8 Å². The van der Waals surface area contributed by atoms with Crippen molar-refractivity contribution in [2.24, 2.45) is 12.5 Å². The van der Waals surface area contributed by atoms with Crippen molar-refractivity contribution in [3.63, 3.8) is 0 Å². The highest BCUT2D eigenvalue weighted by molar-refractivity contribution is 7.16. The largest absolute Gasteiger partial charge is 0.464 e. The van der Waals surface area contributed by atoms with Gasteiger partial charge in [0.1, 0.15) is 0 Å². The summed E-state index contributed by atoms with van der Waals surface area (Å²) in [5.41, 5.74) is 3.85. The van der Waals surface area contributed by atoms with Gasteiger partial charge in [-0.2, -0.15) is 0 Å². The highest BCUT2D eigenvalue weighted by Crippen LogP contribution is 2.48. The molecule has 0 saturated carbocycles. The standard InChI is InChI=1S/C27H37NO4S/c1-9-31-25(30)23(32-26(3,4)5)21-17(2)33-24(19-10-11-20(29)28(8)16-19)22(21)18-12-14-27(6,7)15-13-18/h10-12,16,23H,9,13-15H2,1-8H3. The van der Waals surface area contributed by atoms with Crippen molar-refractivity contribution in [2.75, 3.05) is 6.61 Å². The van der Waals surface area contributed by atoms with Gasteiger partial charge in [-0.25, -0.2) is 4.79 Å². The Labute approximate surface area is 201 Å². The summed E-state index contributed by atoms with van der Waals surface area (Å²) in [6.45, 7) is 14.6. The quantitative estimate of drug-likeness (QED) is 0.455. The normalized spacial score (nSPS) is 16.9. The van der Waals surface area contributed by atoms with Crippen LogP contribution in [-0.4, -0.2) is 22.7 Å². The lowest BCUT2D eigenvalue weighted by molar-refractivity contribution is -0.166. The third kappa shape index (κ3) is 5.85. The number of pyridine rings is 1. The molecule has 1 unspecified atom stereocenters. The third-order valence-electron chi connectivity index (χ3n) is 6.01. The molecule has 0 saturated heterocycles. The van der Waals surface area contributed by atoms with E-state index in [0.717, 1.165) is 45.7 Å². The van der Waals surface area contributed by atoms with Crippen LogP contribution in [0.15, 0.2) is 29.2 Å². The number of hydrogen-bond acceptors (Lipinski definition) is 5. The van der Waals surface area contributed by atoms with Crippen LogP contribution >= 0.6 is 11.3 Å². The van der Waals surface area contributed by atoms with E-state index in [4.69, 9.17) is 9.47 Å². The maximum absolute atomic E-state index is 13.1. The zero-order chi connectivity index (χ0) is 24.6. The summed E-state index contributed by atoms with van der Waals surface area (Å²) in [7, 11) is 1.76. The first-order valence-electron chi connectivity index (χ1n) is 11.7. The monoisotopic (exact) mass is 471 g/mol. The number of aromatic nitrogens is 1. The van der Waals surface area contributed by atoms with Gasteiger partial charge < -0.3 is 14.0 Å². The van der Waals surface area contributed by atoms with E-state index in [1.807, 2.05) is 46.9 Å². The maximum atomic E-state index is 13.1. The van der Waals surface area contributed by atoms with Crippen LogP contribution in [0.25, 0.3) is 16.0 Å². The summed E-state index contributed by atoms with van der Waals surface area (Å²) in [5.74, 6) is -0.363. The molecule has 0 N–H and O–H groups in total. The third-order valence-corrected chi connectivity index (χ3v) is 7.18. The number of nitrogens with zero attached hydrogens (tertiary/aromatic N) is 1. The number of allylic oxidation sites excluding steroid dienone is 2. The molecule has 33 heavy (non-hydrogen) atoms. The van der Waals surface area contributed by atoms with Gasteiger partial charge in [-0.05, 0) is 70.9 Å². The number of esters is 1. The lowest BCUT2D eigenvalue weighted by Gasteiger charge is -2.31. The Hall–Kier alpha value is -2.18. The molecule has 6 heteroatoms. The van der Waals surface area contributed by atoms with Gasteiger partial charge >= 0.3 is 5.97 Å². The SMILES string of the molecule is CCOC(=O)C(OC(C)(C)C)c1c(C)sc(-c2ccc(=O)n(C)c2)c1C1=CCC(C)(C)CC1. The molecular weight excluding hydrogens is 434 g/mol. The molecule has 0 radical (unpaired) electrons. The lowest BCUT2D eigenvalue weighted by atomic mass is 9.76. The van der Waals surface area contributed by atoms with Gasteiger partial charge in [0.05, 0.1) is 12.2 Å². The van der Waals surface area contributed by atoms with Crippen LogP contribution in [0.4, 0.5) is 0 Å². The van der Waals surface area contributed by atoms with E-state index in [-0.39, 0.29) is 16.9 Å². The van der Waals surface area contributed by atoms with Gasteiger partial charge in [0.25, 0.3) is 0 Å². The number of hydrogen-bond donors (Lipinski definition) is 0. The summed E-state index contributed by atoms with van der Waals surface area (Å²) in [6, 6.07) is 3.47. The van der Waals surface area contributed by atoms with Gasteiger partial charge in [-0.15, -0.1) is 11.3 Å². The van der Waals surface area contributed by atoms with E-state index >= 15 is 0 Å². The highest BCUT2D eigenvalue weighted by Gasteiger charge is 2.36. The molecule has 1 atom stereocenters. The molecule has 1 aliphatic carbocycles. The Morgan fingerprint density at radius 3 is 2.52 bits per heavy atom. The molecule has 3 rings (SSSR count). The molecule has 2 aromatic heterocycles. The Kier molecular flexibility index (Phi) is 7.39. The van der Waals surface area contributed by atoms with Crippen LogP contribution in [0.5, 0.6) is 0 Å². The van der Waals surface area contributed by atoms with Gasteiger partial charge in [0.2, 0.25) is 5.56 Å². The van der Waals surface area contributed by atoms with Crippen molar-refractivity contribution in [3.8, 4) is 10.4 Å². The van der Waals surface area contributed by atoms with E-state index in [9.17, 15) is 9.59 Å². The molecule has 2 heterocycles. The number of carbonyl (C=O) groups is 1. The zero-order valence-electron chi connectivity index (χ0n) is 21.2. The molecular formula is C27H37NO4S. The van der Waals surface area contributed by atoms with E-state index in [0.29, 0.717) is 6.61 Å². The van der Waals surface area contributed by atoms with Crippen LogP contribution in [0.3, 0.4) is 0 Å². The zero-order valence-corrected chi connectivity index (χ0v) is 22.0. The topological polar surface area (TPSA) is 57.5 Å². The highest BCUT2D eigenvalue weighted by atomic mass is 32.1. The fraction of sp³-hybridized carbons (Fsp3) is 0.556. The molecule has 1 aliphatic rings. The predicted molar refractivity (Wildman–Crippen MR) is 136 cm³/mol. The average Bonchev–Trinajstić information content (AvgIpc) is 3.04. The molecule has 180 valence electrons. The molecule has 0 aliphatic heterocycles. The van der Waals surface area contributed by atoms with Crippen LogP contribution < -0.4 is 5.56 Å². The molecule has 0 aromatic carbocycles. The second-order valence-corrected chi connectivity index (χ2v) is 11.8. The fourth-order valence-electron chi connectivity index (χ4n) is 4.22. The number of aryl methyl sites for hydroxylation is 2. The first kappa shape index (κ1) is 25.4. The van der Waals surface area contributed by atoms with Gasteiger partial charge in [0.15, 0.2) is 6.10 Å². The van der Waals surface area contributed by atoms with Crippen molar-refractivity contribution in [1.29, 1.82) is 0 Å². The van der Waals surface area contributed by atoms with Gasteiger partial charge in [0, 0.05) is 45.8 Å². The Morgan fingerprint density at radius 2 is 1.97 bits per heavy atom. The maximum Gasteiger partial charge on any atom is 0.340 e. The van der Waals surface area contributed by atoms with Crippen LogP contribution in [0.1, 0.15) is 82.9 Å². The minimum Gasteiger partial charge on any atom is -0.464 e. The summed E-state index contributed by atoms with van der Waals surface area (Å²) >= 11 is 1.65. The van der Waals surface area contributed by atoms with Crippen molar-refractivity contribution >= 4 is 22.9 Å². The minimum absolute atomic E-state index is 0.0482. The molecule has 0 fully saturated rings. The van der Waals surface area contributed by atoms with E-state index < -0.39 is 11.7 Å². The summed E-state index contributed by atoms with van der Waals surface area (Å²) in [4.78, 5) is 27.3. The summed E-state index contributed by atoms with van der Waals surface area (Å²) in [6.07, 6.45) is 6.36. The van der Waals surface area contributed by atoms with Crippen LogP contribution in [0, 0.1) is 12.3 Å². The second kappa shape index (κ2) is 9.59. The smallest absolute Gasteiger partial charge is 0.340 e. The Morgan fingerprint density at radius 1 is 1.27 bits per heavy atom. The fourth-order valence-corrected chi connectivity index (χ4v) is 5.43. The van der Waals surface area contributed by atoms with Crippen molar-refractivity contribution in [2.45, 2.75) is 79.4 Å². The first-order valence-corrected chi connectivity index (χ1v) is 12.5. The van der Waals surface area contributed by atoms with Gasteiger partial charge in [-0.3, -0.25) is 4.79 Å². The van der Waals surface area contributed by atoms with Crippen LogP contribution in [-0.2, 0) is 21.3 Å². The number of thiophene rings is 1. The van der Waals surface area contributed by atoms with Gasteiger partial charge in [-0.1, -0.05) is 19.9 Å². The van der Waals surface area contributed by atoms with Crippen molar-refractivity contribution in [1.82, 2.24) is 4.57 Å². The average molecular weight is 472 g/mol. The Balaban J connectivity index is 2.27. The molecule has 0 amide bonds. The lowest BCUT2D eigenvalue weighted by Crippen LogP contribution is -2.29. The van der Waals surface area contributed by atoms with E-state index in [2.05, 4.69) is 19.9 Å². The predicted octanol–water partition coefficient (Wildman–Crippen LogP) is 6.44. The Bertz CT molecular complexity index is 1110. The molecule has 0 bridgehead atoms. The van der Waals surface area contributed by atoms with E-state index in [1.54, 1.807) is 29.0 Å². The number of rotatable bonds is 6. The second-order valence-electron chi connectivity index (χ2n) is 10.6. The molecule has 2 aromatic rings. The molecule has 5 nitrogen and oxygen atoms in total. The summed E-state index contributed by atoms with van der Waals surface area (Å²) in [5, 5.41) is 0. The van der Waals surface area contributed by atoms with Crippen LogP contribution in [0.2, 0.25) is 0 Å². The first-order chi connectivity index (χ1) is 15.3.